The average Bonchev–Trinajstić information content (AvgIpc) is 2.16. The molecular weight excluding hydrogens is 210 g/mol. The van der Waals surface area contributed by atoms with Crippen molar-refractivity contribution < 1.29 is 14.3 Å². The third-order valence-corrected chi connectivity index (χ3v) is 2.68. The van der Waals surface area contributed by atoms with Crippen LogP contribution in [-0.2, 0) is 9.53 Å². The van der Waals surface area contributed by atoms with E-state index in [1.807, 2.05) is 5.32 Å². The number of rotatable bonds is 3. The van der Waals surface area contributed by atoms with Gasteiger partial charge in [-0.1, -0.05) is 0 Å². The second-order valence-electron chi connectivity index (χ2n) is 4.18. The fourth-order valence-electron chi connectivity index (χ4n) is 1.88. The van der Waals surface area contributed by atoms with Gasteiger partial charge >= 0.3 is 6.03 Å². The summed E-state index contributed by atoms with van der Waals surface area (Å²) in [5.41, 5.74) is 10.6. The lowest BCUT2D eigenvalue weighted by atomic mass is 9.93. The molecule has 1 aliphatic rings. The maximum absolute atomic E-state index is 11.3. The van der Waals surface area contributed by atoms with Crippen LogP contribution in [0.5, 0.6) is 0 Å². The molecule has 0 aromatic heterocycles. The van der Waals surface area contributed by atoms with Crippen LogP contribution in [0.1, 0.15) is 32.6 Å². The monoisotopic (exact) mass is 229 g/mol. The van der Waals surface area contributed by atoms with Crippen LogP contribution in [-0.4, -0.2) is 30.2 Å². The van der Waals surface area contributed by atoms with E-state index in [9.17, 15) is 9.59 Å². The zero-order valence-corrected chi connectivity index (χ0v) is 9.44. The van der Waals surface area contributed by atoms with Crippen LogP contribution in [0.15, 0.2) is 0 Å². The molecule has 5 N–H and O–H groups in total. The van der Waals surface area contributed by atoms with Gasteiger partial charge in [-0.2, -0.15) is 0 Å². The summed E-state index contributed by atoms with van der Waals surface area (Å²) in [5, 5.41) is 1.99. The molecule has 0 bridgehead atoms. The Bertz CT molecular complexity index is 270. The highest BCUT2D eigenvalue weighted by Crippen LogP contribution is 2.20. The molecule has 1 saturated carbocycles. The van der Waals surface area contributed by atoms with Crippen molar-refractivity contribution >= 4 is 11.9 Å². The molecule has 3 unspecified atom stereocenters. The molecule has 3 atom stereocenters. The first-order valence-corrected chi connectivity index (χ1v) is 5.50. The number of hydrogen-bond acceptors (Lipinski definition) is 4. The van der Waals surface area contributed by atoms with Crippen molar-refractivity contribution in [2.45, 2.75) is 50.9 Å². The van der Waals surface area contributed by atoms with E-state index >= 15 is 0 Å². The number of imide groups is 1. The van der Waals surface area contributed by atoms with Gasteiger partial charge in [0.05, 0.1) is 6.10 Å². The highest BCUT2D eigenvalue weighted by Gasteiger charge is 2.24. The Morgan fingerprint density at radius 3 is 2.69 bits per heavy atom. The number of nitrogens with two attached hydrogens (primary N) is 2. The molecule has 1 fully saturated rings. The van der Waals surface area contributed by atoms with Gasteiger partial charge in [0.15, 0.2) is 0 Å². The van der Waals surface area contributed by atoms with E-state index in [0.717, 1.165) is 25.7 Å². The van der Waals surface area contributed by atoms with Crippen LogP contribution in [0, 0.1) is 0 Å². The van der Waals surface area contributed by atoms with Gasteiger partial charge in [-0.25, -0.2) is 4.79 Å². The normalized spacial score (nSPS) is 27.1. The molecule has 92 valence electrons. The molecule has 3 amide bonds. The SMILES string of the molecule is CC(OC1CCCC(N)C1)C(=O)NC(N)=O. The van der Waals surface area contributed by atoms with Gasteiger partial charge in [-0.15, -0.1) is 0 Å². The minimum atomic E-state index is -0.860. The minimum Gasteiger partial charge on any atom is -0.365 e. The molecule has 1 aliphatic carbocycles. The number of carbonyl (C=O) groups excluding carboxylic acids is 2. The Balaban J connectivity index is 2.35. The first-order valence-electron chi connectivity index (χ1n) is 5.50. The molecule has 0 heterocycles. The summed E-state index contributed by atoms with van der Waals surface area (Å²) < 4.78 is 5.52. The smallest absolute Gasteiger partial charge is 0.318 e. The fourth-order valence-corrected chi connectivity index (χ4v) is 1.88. The first-order chi connectivity index (χ1) is 7.49. The lowest BCUT2D eigenvalue weighted by molar-refractivity contribution is -0.135. The number of ether oxygens (including phenoxy) is 1. The Kier molecular flexibility index (Phi) is 4.70. The Labute approximate surface area is 94.7 Å². The summed E-state index contributed by atoms with van der Waals surface area (Å²) >= 11 is 0. The Morgan fingerprint density at radius 2 is 2.12 bits per heavy atom. The van der Waals surface area contributed by atoms with E-state index in [0.29, 0.717) is 0 Å². The van der Waals surface area contributed by atoms with Gasteiger partial charge in [-0.3, -0.25) is 10.1 Å². The summed E-state index contributed by atoms with van der Waals surface area (Å²) in [6.07, 6.45) is 2.99. The van der Waals surface area contributed by atoms with Gasteiger partial charge in [0.1, 0.15) is 6.10 Å². The third kappa shape index (κ3) is 4.16. The lowest BCUT2D eigenvalue weighted by Gasteiger charge is -2.28. The topological polar surface area (TPSA) is 107 Å². The number of primary amides is 1. The molecule has 0 radical (unpaired) electrons. The van der Waals surface area contributed by atoms with E-state index < -0.39 is 18.0 Å². The second kappa shape index (κ2) is 5.81. The third-order valence-electron chi connectivity index (χ3n) is 2.68. The van der Waals surface area contributed by atoms with Crippen LogP contribution in [0.4, 0.5) is 4.79 Å². The number of amides is 3. The molecule has 6 nitrogen and oxygen atoms in total. The summed E-state index contributed by atoms with van der Waals surface area (Å²) in [5.74, 6) is -0.508. The molecule has 0 aromatic rings. The zero-order valence-electron chi connectivity index (χ0n) is 9.44. The number of carbonyl (C=O) groups is 2. The highest BCUT2D eigenvalue weighted by molar-refractivity contribution is 5.95. The molecule has 0 saturated heterocycles. The van der Waals surface area contributed by atoms with Crippen LogP contribution in [0.25, 0.3) is 0 Å². The maximum Gasteiger partial charge on any atom is 0.318 e. The van der Waals surface area contributed by atoms with Gasteiger partial charge < -0.3 is 16.2 Å². The molecular formula is C10H19N3O3. The van der Waals surface area contributed by atoms with E-state index in [1.165, 1.54) is 0 Å². The van der Waals surface area contributed by atoms with Crippen molar-refractivity contribution in [3.8, 4) is 0 Å². The molecule has 1 rings (SSSR count). The summed E-state index contributed by atoms with van der Waals surface area (Å²) in [7, 11) is 0. The number of urea groups is 1. The van der Waals surface area contributed by atoms with Crippen molar-refractivity contribution in [2.75, 3.05) is 0 Å². The Hall–Kier alpha value is -1.14. The van der Waals surface area contributed by atoms with Crippen molar-refractivity contribution in [3.05, 3.63) is 0 Å². The van der Waals surface area contributed by atoms with E-state index in [4.69, 9.17) is 16.2 Å². The number of nitrogens with one attached hydrogen (secondary N) is 1. The minimum absolute atomic E-state index is 0.00243. The van der Waals surface area contributed by atoms with E-state index in [1.54, 1.807) is 6.92 Å². The van der Waals surface area contributed by atoms with Crippen LogP contribution < -0.4 is 16.8 Å². The van der Waals surface area contributed by atoms with Gasteiger partial charge in [0, 0.05) is 6.04 Å². The summed E-state index contributed by atoms with van der Waals surface area (Å²) in [6, 6.07) is -0.717. The lowest BCUT2D eigenvalue weighted by Crippen LogP contribution is -2.44. The van der Waals surface area contributed by atoms with Crippen molar-refractivity contribution in [1.29, 1.82) is 0 Å². The summed E-state index contributed by atoms with van der Waals surface area (Å²) in [4.78, 5) is 21.8. The predicted octanol–water partition coefficient (Wildman–Crippen LogP) is -0.144. The standard InChI is InChI=1S/C10H19N3O3/c1-6(9(14)13-10(12)15)16-8-4-2-3-7(11)5-8/h6-8H,2-5,11H2,1H3,(H3,12,13,14,15). The largest absolute Gasteiger partial charge is 0.365 e. The molecule has 0 spiro atoms. The molecule has 0 aliphatic heterocycles. The predicted molar refractivity (Wildman–Crippen MR) is 58.5 cm³/mol. The van der Waals surface area contributed by atoms with Gasteiger partial charge in [0.25, 0.3) is 5.91 Å². The van der Waals surface area contributed by atoms with Crippen molar-refractivity contribution in [2.24, 2.45) is 11.5 Å². The maximum atomic E-state index is 11.3. The van der Waals surface area contributed by atoms with Crippen LogP contribution >= 0.6 is 0 Å². The molecule has 6 heteroatoms. The Morgan fingerprint density at radius 1 is 1.44 bits per heavy atom. The summed E-state index contributed by atoms with van der Waals surface area (Å²) in [6.45, 7) is 1.60. The van der Waals surface area contributed by atoms with Crippen LogP contribution in [0.2, 0.25) is 0 Å². The van der Waals surface area contributed by atoms with E-state index in [2.05, 4.69) is 0 Å². The molecule has 16 heavy (non-hydrogen) atoms. The van der Waals surface area contributed by atoms with Gasteiger partial charge in [0.2, 0.25) is 0 Å². The number of hydrogen-bond donors (Lipinski definition) is 3. The zero-order chi connectivity index (χ0) is 12.1. The van der Waals surface area contributed by atoms with Crippen molar-refractivity contribution in [3.63, 3.8) is 0 Å². The first kappa shape index (κ1) is 12.9. The fraction of sp³-hybridized carbons (Fsp3) is 0.800. The molecule has 0 aromatic carbocycles. The van der Waals surface area contributed by atoms with Crippen LogP contribution in [0.3, 0.4) is 0 Å². The van der Waals surface area contributed by atoms with Gasteiger partial charge in [-0.05, 0) is 32.6 Å². The quantitative estimate of drug-likeness (QED) is 0.625. The van der Waals surface area contributed by atoms with Crippen molar-refractivity contribution in [1.82, 2.24) is 5.32 Å². The average molecular weight is 229 g/mol. The van der Waals surface area contributed by atoms with E-state index in [-0.39, 0.29) is 12.1 Å². The second-order valence-corrected chi connectivity index (χ2v) is 4.18. The highest BCUT2D eigenvalue weighted by atomic mass is 16.5.